The third-order valence-electron chi connectivity index (χ3n) is 4.01. The molecular formula is C19H20FN3O3S2. The smallest absolute Gasteiger partial charge is 0.268 e. The molecule has 0 fully saturated rings. The maximum Gasteiger partial charge on any atom is 0.268 e. The van der Waals surface area contributed by atoms with Crippen molar-refractivity contribution in [3.63, 3.8) is 0 Å². The number of nitrogens with one attached hydrogen (secondary N) is 2. The van der Waals surface area contributed by atoms with E-state index in [2.05, 4.69) is 15.3 Å². The van der Waals surface area contributed by atoms with Crippen LogP contribution < -0.4 is 10.9 Å². The van der Waals surface area contributed by atoms with Crippen LogP contribution in [0.5, 0.6) is 0 Å². The summed E-state index contributed by atoms with van der Waals surface area (Å²) in [6, 6.07) is 7.96. The zero-order valence-electron chi connectivity index (χ0n) is 15.5. The number of aromatic nitrogens is 2. The van der Waals surface area contributed by atoms with Crippen molar-refractivity contribution >= 4 is 39.2 Å². The van der Waals surface area contributed by atoms with Crippen molar-refractivity contribution in [2.24, 2.45) is 0 Å². The van der Waals surface area contributed by atoms with Gasteiger partial charge in [0, 0.05) is 18.5 Å². The highest BCUT2D eigenvalue weighted by Crippen LogP contribution is 2.31. The molecule has 0 aliphatic heterocycles. The van der Waals surface area contributed by atoms with Crippen molar-refractivity contribution in [3.8, 4) is 10.4 Å². The van der Waals surface area contributed by atoms with Crippen molar-refractivity contribution in [2.45, 2.75) is 17.9 Å². The Bertz CT molecular complexity index is 1020. The van der Waals surface area contributed by atoms with Gasteiger partial charge in [-0.25, -0.2) is 9.37 Å². The summed E-state index contributed by atoms with van der Waals surface area (Å²) in [4.78, 5) is 32.5. The standard InChI is InChI=1S/C19H20FN3O3S2/c1-11(18(24)21-7-8-26-2)27-10-16-22-14-9-15(28-17(14)19(25)23-16)12-3-5-13(20)6-4-12/h3-6,9,11H,7-8,10H2,1-2H3,(H,21,24)(H,22,23,25)/t11-/m1/s1. The number of benzene rings is 1. The van der Waals surface area contributed by atoms with E-state index in [4.69, 9.17) is 4.74 Å². The largest absolute Gasteiger partial charge is 0.383 e. The molecule has 28 heavy (non-hydrogen) atoms. The number of halogens is 1. The molecule has 3 aromatic rings. The van der Waals surface area contributed by atoms with E-state index in [0.717, 1.165) is 10.4 Å². The van der Waals surface area contributed by atoms with E-state index in [-0.39, 0.29) is 22.5 Å². The molecule has 0 aliphatic rings. The van der Waals surface area contributed by atoms with Crippen LogP contribution in [0.25, 0.3) is 20.7 Å². The van der Waals surface area contributed by atoms with E-state index in [9.17, 15) is 14.0 Å². The summed E-state index contributed by atoms with van der Waals surface area (Å²) in [5.74, 6) is 0.536. The number of amides is 1. The molecule has 0 aliphatic carbocycles. The van der Waals surface area contributed by atoms with Crippen molar-refractivity contribution in [3.05, 3.63) is 52.3 Å². The predicted molar refractivity (Wildman–Crippen MR) is 111 cm³/mol. The number of rotatable bonds is 8. The highest BCUT2D eigenvalue weighted by Gasteiger charge is 2.15. The van der Waals surface area contributed by atoms with Gasteiger partial charge in [0.1, 0.15) is 16.3 Å². The molecule has 3 rings (SSSR count). The lowest BCUT2D eigenvalue weighted by Crippen LogP contribution is -2.33. The van der Waals surface area contributed by atoms with E-state index in [1.165, 1.54) is 35.2 Å². The van der Waals surface area contributed by atoms with Gasteiger partial charge in [-0.15, -0.1) is 23.1 Å². The molecule has 2 N–H and O–H groups in total. The van der Waals surface area contributed by atoms with Gasteiger partial charge in [-0.2, -0.15) is 0 Å². The maximum atomic E-state index is 13.1. The topological polar surface area (TPSA) is 84.1 Å². The first-order valence-corrected chi connectivity index (χ1v) is 10.5. The van der Waals surface area contributed by atoms with Gasteiger partial charge in [-0.05, 0) is 30.7 Å². The van der Waals surface area contributed by atoms with Gasteiger partial charge in [0.2, 0.25) is 5.91 Å². The van der Waals surface area contributed by atoms with Crippen LogP contribution in [-0.4, -0.2) is 41.4 Å². The van der Waals surface area contributed by atoms with Gasteiger partial charge in [0.15, 0.2) is 0 Å². The Labute approximate surface area is 169 Å². The molecule has 6 nitrogen and oxygen atoms in total. The number of nitrogens with zero attached hydrogens (tertiary/aromatic N) is 1. The van der Waals surface area contributed by atoms with Crippen LogP contribution in [0, 0.1) is 5.82 Å². The molecule has 0 bridgehead atoms. The summed E-state index contributed by atoms with van der Waals surface area (Å²) in [5, 5.41) is 2.50. The van der Waals surface area contributed by atoms with Gasteiger partial charge in [-0.3, -0.25) is 9.59 Å². The quantitative estimate of drug-likeness (QED) is 0.546. The average Bonchev–Trinajstić information content (AvgIpc) is 3.11. The highest BCUT2D eigenvalue weighted by molar-refractivity contribution is 7.99. The fourth-order valence-corrected chi connectivity index (χ4v) is 4.29. The minimum Gasteiger partial charge on any atom is -0.383 e. The lowest BCUT2D eigenvalue weighted by atomic mass is 10.2. The normalized spacial score (nSPS) is 12.2. The molecule has 1 atom stereocenters. The summed E-state index contributed by atoms with van der Waals surface area (Å²) >= 11 is 2.71. The monoisotopic (exact) mass is 421 g/mol. The number of thioether (sulfide) groups is 1. The second-order valence-corrected chi connectivity index (χ2v) is 8.46. The van der Waals surface area contributed by atoms with Gasteiger partial charge in [0.25, 0.3) is 5.56 Å². The third-order valence-corrected chi connectivity index (χ3v) is 6.33. The fourth-order valence-electron chi connectivity index (χ4n) is 2.51. The first-order chi connectivity index (χ1) is 13.5. The number of hydrogen-bond acceptors (Lipinski definition) is 6. The van der Waals surface area contributed by atoms with Crippen LogP contribution in [-0.2, 0) is 15.3 Å². The number of thiophene rings is 1. The molecule has 2 aromatic heterocycles. The van der Waals surface area contributed by atoms with Gasteiger partial charge < -0.3 is 15.0 Å². The molecule has 148 valence electrons. The first kappa shape index (κ1) is 20.5. The number of carbonyl (C=O) groups excluding carboxylic acids is 1. The van der Waals surface area contributed by atoms with E-state index < -0.39 is 0 Å². The zero-order chi connectivity index (χ0) is 20.1. The molecule has 2 heterocycles. The molecule has 0 spiro atoms. The molecule has 0 unspecified atom stereocenters. The SMILES string of the molecule is COCCNC(=O)[C@@H](C)SCc1nc2cc(-c3ccc(F)cc3)sc2c(=O)[nH]1. The summed E-state index contributed by atoms with van der Waals surface area (Å²) < 4.78 is 18.5. The number of carbonyl (C=O) groups is 1. The number of fused-ring (bicyclic) bond motifs is 1. The average molecular weight is 422 g/mol. The Hall–Kier alpha value is -2.23. The number of aromatic amines is 1. The minimum atomic E-state index is -0.305. The predicted octanol–water partition coefficient (Wildman–Crippen LogP) is 3.18. The molecular weight excluding hydrogens is 401 g/mol. The van der Waals surface area contributed by atoms with Gasteiger partial charge in [-0.1, -0.05) is 12.1 Å². The summed E-state index contributed by atoms with van der Waals surface area (Å²) in [7, 11) is 1.58. The number of ether oxygens (including phenoxy) is 1. The second-order valence-electron chi connectivity index (χ2n) is 6.08. The van der Waals surface area contributed by atoms with Crippen LogP contribution in [0.4, 0.5) is 4.39 Å². The molecule has 1 aromatic carbocycles. The Morgan fingerprint density at radius 3 is 2.86 bits per heavy atom. The Kier molecular flexibility index (Phi) is 6.82. The van der Waals surface area contributed by atoms with E-state index in [1.54, 1.807) is 26.2 Å². The van der Waals surface area contributed by atoms with Gasteiger partial charge >= 0.3 is 0 Å². The van der Waals surface area contributed by atoms with Crippen molar-refractivity contribution in [1.29, 1.82) is 0 Å². The summed E-state index contributed by atoms with van der Waals surface area (Å²) in [6.45, 7) is 2.73. The van der Waals surface area contributed by atoms with E-state index in [0.29, 0.717) is 34.9 Å². The van der Waals surface area contributed by atoms with Crippen molar-refractivity contribution in [1.82, 2.24) is 15.3 Å². The van der Waals surface area contributed by atoms with E-state index >= 15 is 0 Å². The molecule has 0 saturated carbocycles. The van der Waals surface area contributed by atoms with Crippen LogP contribution in [0.1, 0.15) is 12.7 Å². The minimum absolute atomic E-state index is 0.0837. The lowest BCUT2D eigenvalue weighted by Gasteiger charge is -2.11. The van der Waals surface area contributed by atoms with Crippen LogP contribution in [0.15, 0.2) is 35.1 Å². The molecule has 1 amide bonds. The van der Waals surface area contributed by atoms with Crippen molar-refractivity contribution < 1.29 is 13.9 Å². The Morgan fingerprint density at radius 2 is 2.14 bits per heavy atom. The summed E-state index contributed by atoms with van der Waals surface area (Å²) in [5.41, 5.74) is 1.22. The molecule has 0 radical (unpaired) electrons. The Morgan fingerprint density at radius 1 is 1.39 bits per heavy atom. The van der Waals surface area contributed by atoms with E-state index in [1.807, 2.05) is 6.07 Å². The molecule has 9 heteroatoms. The molecule has 0 saturated heterocycles. The van der Waals surface area contributed by atoms with Crippen molar-refractivity contribution in [2.75, 3.05) is 20.3 Å². The van der Waals surface area contributed by atoms with Crippen LogP contribution in [0.3, 0.4) is 0 Å². The van der Waals surface area contributed by atoms with Gasteiger partial charge in [0.05, 0.1) is 23.1 Å². The summed E-state index contributed by atoms with van der Waals surface area (Å²) in [6.07, 6.45) is 0. The van der Waals surface area contributed by atoms with Crippen LogP contribution >= 0.6 is 23.1 Å². The third kappa shape index (κ3) is 4.98. The second kappa shape index (κ2) is 9.31. The first-order valence-electron chi connectivity index (χ1n) is 8.65. The number of hydrogen-bond donors (Lipinski definition) is 2. The lowest BCUT2D eigenvalue weighted by molar-refractivity contribution is -0.120. The highest BCUT2D eigenvalue weighted by atomic mass is 32.2. The number of methoxy groups -OCH3 is 1. The maximum absolute atomic E-state index is 13.1. The number of H-pyrrole nitrogens is 1. The Balaban J connectivity index is 1.72. The zero-order valence-corrected chi connectivity index (χ0v) is 17.1. The fraction of sp³-hybridized carbons (Fsp3) is 0.316. The van der Waals surface area contributed by atoms with Crippen LogP contribution in [0.2, 0.25) is 0 Å².